The number of carbonyl (C=O) groups excluding carboxylic acids is 2. The van der Waals surface area contributed by atoms with Gasteiger partial charge in [0.2, 0.25) is 5.91 Å². The fourth-order valence-corrected chi connectivity index (χ4v) is 2.54. The molecular weight excluding hydrogens is 248 g/mol. The summed E-state index contributed by atoms with van der Waals surface area (Å²) in [6.07, 6.45) is 2.49. The third kappa shape index (κ3) is 2.51. The number of hydrogen-bond acceptors (Lipinski definition) is 3. The molecule has 2 N–H and O–H groups in total. The molecule has 18 heavy (non-hydrogen) atoms. The van der Waals surface area contributed by atoms with Crippen LogP contribution in [0.4, 0.5) is 0 Å². The molecule has 1 aromatic carbocycles. The largest absolute Gasteiger partial charge is 0.368 e. The normalized spacial score (nSPS) is 19.6. The summed E-state index contributed by atoms with van der Waals surface area (Å²) in [6, 6.07) is 6.60. The summed E-state index contributed by atoms with van der Waals surface area (Å²) in [5.41, 5.74) is 5.88. The maximum Gasteiger partial charge on any atom is 0.255 e. The van der Waals surface area contributed by atoms with Gasteiger partial charge in [-0.2, -0.15) is 0 Å². The van der Waals surface area contributed by atoms with Crippen LogP contribution in [0.2, 0.25) is 0 Å². The van der Waals surface area contributed by atoms with Gasteiger partial charge in [-0.3, -0.25) is 9.59 Å². The van der Waals surface area contributed by atoms with E-state index in [1.165, 1.54) is 0 Å². The van der Waals surface area contributed by atoms with Gasteiger partial charge >= 0.3 is 0 Å². The lowest BCUT2D eigenvalue weighted by Gasteiger charge is -2.33. The first-order chi connectivity index (χ1) is 8.61. The van der Waals surface area contributed by atoms with E-state index in [-0.39, 0.29) is 5.91 Å². The average molecular weight is 264 g/mol. The minimum atomic E-state index is -0.487. The Labute approximate surface area is 112 Å². The molecular formula is C13H16N2O2S. The summed E-state index contributed by atoms with van der Waals surface area (Å²) in [6.45, 7) is 0.578. The lowest BCUT2D eigenvalue weighted by Crippen LogP contribution is -2.50. The van der Waals surface area contributed by atoms with Crippen molar-refractivity contribution in [1.82, 2.24) is 4.90 Å². The van der Waals surface area contributed by atoms with Crippen molar-refractivity contribution < 1.29 is 9.59 Å². The Morgan fingerprint density at radius 3 is 2.67 bits per heavy atom. The van der Waals surface area contributed by atoms with E-state index >= 15 is 0 Å². The van der Waals surface area contributed by atoms with Gasteiger partial charge in [0.1, 0.15) is 6.04 Å². The fourth-order valence-electron chi connectivity index (χ4n) is 2.28. The number of likely N-dealkylation sites (tertiary alicyclic amines) is 1. The molecule has 1 heterocycles. The maximum absolute atomic E-state index is 12.4. The van der Waals surface area contributed by atoms with Gasteiger partial charge in [0.05, 0.1) is 5.56 Å². The van der Waals surface area contributed by atoms with Crippen LogP contribution in [0.3, 0.4) is 0 Å². The van der Waals surface area contributed by atoms with Gasteiger partial charge < -0.3 is 10.6 Å². The molecule has 96 valence electrons. The molecule has 0 aliphatic carbocycles. The van der Waals surface area contributed by atoms with Crippen molar-refractivity contribution in [2.75, 3.05) is 6.54 Å². The van der Waals surface area contributed by atoms with Crippen LogP contribution in [-0.4, -0.2) is 29.3 Å². The van der Waals surface area contributed by atoms with E-state index in [0.29, 0.717) is 23.4 Å². The predicted octanol–water partition coefficient (Wildman–Crippen LogP) is 1.46. The van der Waals surface area contributed by atoms with Crippen molar-refractivity contribution in [2.45, 2.75) is 30.2 Å². The van der Waals surface area contributed by atoms with Crippen LogP contribution in [0.5, 0.6) is 0 Å². The Bertz CT molecular complexity index is 476. The first kappa shape index (κ1) is 13.0. The number of nitrogens with zero attached hydrogens (tertiary/aromatic N) is 1. The van der Waals surface area contributed by atoms with Crippen molar-refractivity contribution in [3.63, 3.8) is 0 Å². The van der Waals surface area contributed by atoms with Crippen molar-refractivity contribution in [1.29, 1.82) is 0 Å². The zero-order chi connectivity index (χ0) is 13.1. The minimum absolute atomic E-state index is 0.163. The lowest BCUT2D eigenvalue weighted by atomic mass is 10.0. The molecule has 0 bridgehead atoms. The number of piperidine rings is 1. The van der Waals surface area contributed by atoms with Crippen LogP contribution >= 0.6 is 12.6 Å². The molecule has 2 rings (SSSR count). The zero-order valence-corrected chi connectivity index (χ0v) is 10.9. The van der Waals surface area contributed by atoms with E-state index in [9.17, 15) is 9.59 Å². The van der Waals surface area contributed by atoms with Crippen molar-refractivity contribution in [3.05, 3.63) is 29.8 Å². The summed E-state index contributed by atoms with van der Waals surface area (Å²) in [5.74, 6) is -0.594. The molecule has 1 saturated heterocycles. The van der Waals surface area contributed by atoms with Crippen LogP contribution in [0.25, 0.3) is 0 Å². The van der Waals surface area contributed by atoms with E-state index < -0.39 is 11.9 Å². The smallest absolute Gasteiger partial charge is 0.255 e. The Kier molecular flexibility index (Phi) is 3.91. The number of nitrogens with two attached hydrogens (primary N) is 1. The summed E-state index contributed by atoms with van der Waals surface area (Å²) in [5, 5.41) is 0. The molecule has 0 saturated carbocycles. The summed E-state index contributed by atoms with van der Waals surface area (Å²) < 4.78 is 0. The van der Waals surface area contributed by atoms with Crippen LogP contribution in [0.1, 0.15) is 29.6 Å². The van der Waals surface area contributed by atoms with Crippen molar-refractivity contribution >= 4 is 24.4 Å². The van der Waals surface area contributed by atoms with Gasteiger partial charge in [0.15, 0.2) is 0 Å². The number of thiol groups is 1. The topological polar surface area (TPSA) is 63.4 Å². The Balaban J connectivity index is 2.27. The summed E-state index contributed by atoms with van der Waals surface area (Å²) in [7, 11) is 0. The molecule has 5 heteroatoms. The first-order valence-corrected chi connectivity index (χ1v) is 6.44. The van der Waals surface area contributed by atoms with Gasteiger partial charge in [-0.25, -0.2) is 0 Å². The monoisotopic (exact) mass is 264 g/mol. The second kappa shape index (κ2) is 5.44. The minimum Gasteiger partial charge on any atom is -0.368 e. The van der Waals surface area contributed by atoms with E-state index in [2.05, 4.69) is 12.6 Å². The molecule has 1 aliphatic heterocycles. The highest BCUT2D eigenvalue weighted by Crippen LogP contribution is 2.22. The molecule has 1 fully saturated rings. The summed E-state index contributed by atoms with van der Waals surface area (Å²) >= 11 is 4.27. The molecule has 1 aromatic rings. The van der Waals surface area contributed by atoms with E-state index in [4.69, 9.17) is 5.73 Å². The quantitative estimate of drug-likeness (QED) is 0.794. The molecule has 1 aliphatic rings. The molecule has 1 unspecified atom stereocenters. The second-order valence-electron chi connectivity index (χ2n) is 4.43. The molecule has 4 nitrogen and oxygen atoms in total. The van der Waals surface area contributed by atoms with Gasteiger partial charge in [0.25, 0.3) is 5.91 Å². The second-order valence-corrected chi connectivity index (χ2v) is 4.91. The number of carbonyl (C=O) groups is 2. The first-order valence-electron chi connectivity index (χ1n) is 5.99. The Morgan fingerprint density at radius 1 is 1.28 bits per heavy atom. The highest BCUT2D eigenvalue weighted by Gasteiger charge is 2.31. The summed E-state index contributed by atoms with van der Waals surface area (Å²) in [4.78, 5) is 26.0. The molecule has 0 radical (unpaired) electrons. The molecule has 1 atom stereocenters. The SMILES string of the molecule is NC(=O)C1CCCCN1C(=O)c1ccccc1S. The standard InChI is InChI=1S/C13H16N2O2S/c14-12(16)10-6-3-4-8-15(10)13(17)9-5-1-2-7-11(9)18/h1-2,5,7,10,18H,3-4,6,8H2,(H2,14,16). The third-order valence-electron chi connectivity index (χ3n) is 3.23. The number of rotatable bonds is 2. The number of amides is 2. The van der Waals surface area contributed by atoms with Crippen molar-refractivity contribution in [2.24, 2.45) is 5.73 Å². The van der Waals surface area contributed by atoms with Crippen LogP contribution < -0.4 is 5.73 Å². The van der Waals surface area contributed by atoms with E-state index in [1.54, 1.807) is 23.1 Å². The molecule has 2 amide bonds. The van der Waals surface area contributed by atoms with Gasteiger partial charge in [0, 0.05) is 11.4 Å². The van der Waals surface area contributed by atoms with Gasteiger partial charge in [-0.05, 0) is 31.4 Å². The zero-order valence-electron chi connectivity index (χ0n) is 10.0. The van der Waals surface area contributed by atoms with Crippen LogP contribution in [-0.2, 0) is 4.79 Å². The van der Waals surface area contributed by atoms with Gasteiger partial charge in [-0.15, -0.1) is 12.6 Å². The maximum atomic E-state index is 12.4. The third-order valence-corrected chi connectivity index (χ3v) is 3.62. The van der Waals surface area contributed by atoms with E-state index in [1.807, 2.05) is 6.07 Å². The van der Waals surface area contributed by atoms with Crippen molar-refractivity contribution in [3.8, 4) is 0 Å². The fraction of sp³-hybridized carbons (Fsp3) is 0.385. The lowest BCUT2D eigenvalue weighted by molar-refractivity contribution is -0.123. The number of hydrogen-bond donors (Lipinski definition) is 2. The highest BCUT2D eigenvalue weighted by molar-refractivity contribution is 7.80. The molecule has 0 spiro atoms. The predicted molar refractivity (Wildman–Crippen MR) is 71.6 cm³/mol. The number of benzene rings is 1. The van der Waals surface area contributed by atoms with Gasteiger partial charge in [-0.1, -0.05) is 12.1 Å². The highest BCUT2D eigenvalue weighted by atomic mass is 32.1. The van der Waals surface area contributed by atoms with E-state index in [0.717, 1.165) is 12.8 Å². The number of primary amides is 1. The Morgan fingerprint density at radius 2 is 2.00 bits per heavy atom. The van der Waals surface area contributed by atoms with Crippen LogP contribution in [0.15, 0.2) is 29.2 Å². The Hall–Kier alpha value is -1.49. The van der Waals surface area contributed by atoms with Crippen LogP contribution in [0, 0.1) is 0 Å². The average Bonchev–Trinajstić information content (AvgIpc) is 2.38. The molecule has 0 aromatic heterocycles.